The van der Waals surface area contributed by atoms with Crippen LogP contribution in [0.1, 0.15) is 30.9 Å². The number of halogens is 1. The molecule has 0 aliphatic carbocycles. The highest BCUT2D eigenvalue weighted by molar-refractivity contribution is 6.34. The van der Waals surface area contributed by atoms with Crippen molar-refractivity contribution in [1.29, 1.82) is 0 Å². The number of anilines is 1. The topological polar surface area (TPSA) is 69.0 Å². The van der Waals surface area contributed by atoms with Crippen LogP contribution in [0.15, 0.2) is 60.7 Å². The Balaban J connectivity index is 1.50. The van der Waals surface area contributed by atoms with Crippen molar-refractivity contribution in [2.24, 2.45) is 0 Å². The Kier molecular flexibility index (Phi) is 5.91. The summed E-state index contributed by atoms with van der Waals surface area (Å²) in [6.45, 7) is 6.06. The smallest absolute Gasteiger partial charge is 0.262 e. The molecule has 0 bridgehead atoms. The van der Waals surface area contributed by atoms with Crippen LogP contribution in [0.2, 0.25) is 5.02 Å². The number of hydrogen-bond acceptors (Lipinski definition) is 4. The van der Waals surface area contributed by atoms with E-state index in [4.69, 9.17) is 16.3 Å². The number of fused-ring (bicyclic) bond motifs is 1. The zero-order valence-electron chi connectivity index (χ0n) is 17.6. The van der Waals surface area contributed by atoms with Gasteiger partial charge in [-0.25, -0.2) is 0 Å². The molecule has 0 saturated carbocycles. The van der Waals surface area contributed by atoms with Gasteiger partial charge in [0.15, 0.2) is 6.61 Å². The van der Waals surface area contributed by atoms with Crippen LogP contribution in [0.25, 0.3) is 16.7 Å². The highest BCUT2D eigenvalue weighted by Crippen LogP contribution is 2.29. The summed E-state index contributed by atoms with van der Waals surface area (Å²) in [4.78, 5) is 14.1. The van der Waals surface area contributed by atoms with Crippen LogP contribution in [-0.2, 0) is 4.79 Å². The molecule has 0 atom stereocenters. The normalized spacial score (nSPS) is 11.1. The SMILES string of the molecule is Cc1ccc(C(C)C)c(OCC(=O)Nc2cc3nn(-c4ccccc4)nc3cc2Cl)c1. The molecule has 1 N–H and O–H groups in total. The van der Waals surface area contributed by atoms with Crippen LogP contribution in [0, 0.1) is 6.92 Å². The lowest BCUT2D eigenvalue weighted by molar-refractivity contribution is -0.118. The second-order valence-corrected chi connectivity index (χ2v) is 8.09. The molecule has 0 fully saturated rings. The minimum atomic E-state index is -0.298. The lowest BCUT2D eigenvalue weighted by Crippen LogP contribution is -2.20. The Morgan fingerprint density at radius 3 is 2.48 bits per heavy atom. The molecular formula is C24H23ClN4O2. The fourth-order valence-electron chi connectivity index (χ4n) is 3.28. The van der Waals surface area contributed by atoms with Crippen LogP contribution in [-0.4, -0.2) is 27.5 Å². The van der Waals surface area contributed by atoms with E-state index in [1.807, 2.05) is 55.5 Å². The van der Waals surface area contributed by atoms with Gasteiger partial charge in [-0.1, -0.05) is 55.8 Å². The van der Waals surface area contributed by atoms with Crippen molar-refractivity contribution in [3.63, 3.8) is 0 Å². The third kappa shape index (κ3) is 4.70. The molecule has 0 unspecified atom stereocenters. The maximum Gasteiger partial charge on any atom is 0.262 e. The third-order valence-electron chi connectivity index (χ3n) is 4.88. The van der Waals surface area contributed by atoms with Crippen molar-refractivity contribution in [2.45, 2.75) is 26.7 Å². The maximum absolute atomic E-state index is 12.5. The molecule has 4 rings (SSSR count). The summed E-state index contributed by atoms with van der Waals surface area (Å²) in [6, 6.07) is 19.0. The van der Waals surface area contributed by atoms with Crippen molar-refractivity contribution in [3.8, 4) is 11.4 Å². The van der Waals surface area contributed by atoms with Gasteiger partial charge >= 0.3 is 0 Å². The molecule has 158 valence electrons. The van der Waals surface area contributed by atoms with Gasteiger partial charge in [-0.05, 0) is 54.3 Å². The quantitative estimate of drug-likeness (QED) is 0.433. The summed E-state index contributed by atoms with van der Waals surface area (Å²) in [6.07, 6.45) is 0. The van der Waals surface area contributed by atoms with Gasteiger partial charge in [0.2, 0.25) is 0 Å². The molecular weight excluding hydrogens is 412 g/mol. The molecule has 31 heavy (non-hydrogen) atoms. The third-order valence-corrected chi connectivity index (χ3v) is 5.19. The molecule has 7 heteroatoms. The van der Waals surface area contributed by atoms with Crippen LogP contribution < -0.4 is 10.1 Å². The summed E-state index contributed by atoms with van der Waals surface area (Å²) in [5.74, 6) is 0.716. The van der Waals surface area contributed by atoms with Crippen LogP contribution >= 0.6 is 11.6 Å². The molecule has 0 saturated heterocycles. The zero-order valence-corrected chi connectivity index (χ0v) is 18.3. The number of benzene rings is 3. The first-order valence-electron chi connectivity index (χ1n) is 10.1. The Hall–Kier alpha value is -3.38. The maximum atomic E-state index is 12.5. The molecule has 0 aliphatic rings. The largest absolute Gasteiger partial charge is 0.483 e. The number of nitrogens with zero attached hydrogens (tertiary/aromatic N) is 3. The number of aryl methyl sites for hydroxylation is 1. The minimum Gasteiger partial charge on any atom is -0.483 e. The van der Waals surface area contributed by atoms with Gasteiger partial charge in [0.05, 0.1) is 16.4 Å². The van der Waals surface area contributed by atoms with Crippen LogP contribution in [0.5, 0.6) is 5.75 Å². The van der Waals surface area contributed by atoms with Crippen molar-refractivity contribution in [3.05, 3.63) is 76.8 Å². The first-order valence-corrected chi connectivity index (χ1v) is 10.4. The first kappa shape index (κ1) is 20.9. The molecule has 1 amide bonds. The Morgan fingerprint density at radius 2 is 1.77 bits per heavy atom. The van der Waals surface area contributed by atoms with Gasteiger partial charge in [0, 0.05) is 0 Å². The van der Waals surface area contributed by atoms with Crippen molar-refractivity contribution >= 4 is 34.2 Å². The van der Waals surface area contributed by atoms with E-state index in [0.717, 1.165) is 22.6 Å². The second kappa shape index (κ2) is 8.78. The van der Waals surface area contributed by atoms with E-state index in [1.165, 1.54) is 0 Å². The molecule has 6 nitrogen and oxygen atoms in total. The predicted octanol–water partition coefficient (Wildman–Crippen LogP) is 5.52. The Labute approximate surface area is 185 Å². The van der Waals surface area contributed by atoms with Gasteiger partial charge < -0.3 is 10.1 Å². The van der Waals surface area contributed by atoms with E-state index in [2.05, 4.69) is 29.4 Å². The first-order chi connectivity index (χ1) is 14.9. The number of aromatic nitrogens is 3. The van der Waals surface area contributed by atoms with Crippen molar-refractivity contribution < 1.29 is 9.53 Å². The second-order valence-electron chi connectivity index (χ2n) is 7.68. The number of nitrogens with one attached hydrogen (secondary N) is 1. The minimum absolute atomic E-state index is 0.117. The van der Waals surface area contributed by atoms with Gasteiger partial charge in [-0.15, -0.1) is 10.2 Å². The van der Waals surface area contributed by atoms with Crippen molar-refractivity contribution in [1.82, 2.24) is 15.0 Å². The highest BCUT2D eigenvalue weighted by atomic mass is 35.5. The number of hydrogen-bond donors (Lipinski definition) is 1. The zero-order chi connectivity index (χ0) is 22.0. The van der Waals surface area contributed by atoms with Gasteiger partial charge in [-0.3, -0.25) is 4.79 Å². The number of rotatable bonds is 6. The standard InChI is InChI=1S/C24H23ClN4O2/c1-15(2)18-10-9-16(3)11-23(18)31-14-24(30)26-20-13-22-21(12-19(20)25)27-29(28-22)17-7-5-4-6-8-17/h4-13,15H,14H2,1-3H3,(H,26,30). The Bertz CT molecular complexity index is 1240. The highest BCUT2D eigenvalue weighted by Gasteiger charge is 2.14. The molecule has 0 aliphatic heterocycles. The monoisotopic (exact) mass is 434 g/mol. The van der Waals surface area contributed by atoms with Gasteiger partial charge in [-0.2, -0.15) is 4.80 Å². The summed E-state index contributed by atoms with van der Waals surface area (Å²) >= 11 is 6.37. The number of carbonyl (C=O) groups is 1. The van der Waals surface area contributed by atoms with E-state index >= 15 is 0 Å². The van der Waals surface area contributed by atoms with Crippen molar-refractivity contribution in [2.75, 3.05) is 11.9 Å². The van der Waals surface area contributed by atoms with E-state index in [0.29, 0.717) is 27.7 Å². The lowest BCUT2D eigenvalue weighted by atomic mass is 10.0. The molecule has 3 aromatic carbocycles. The average Bonchev–Trinajstić information content (AvgIpc) is 3.15. The van der Waals surface area contributed by atoms with E-state index in [9.17, 15) is 4.79 Å². The van der Waals surface area contributed by atoms with Gasteiger partial charge in [0.1, 0.15) is 16.8 Å². The van der Waals surface area contributed by atoms with Crippen LogP contribution in [0.3, 0.4) is 0 Å². The molecule has 1 aromatic heterocycles. The lowest BCUT2D eigenvalue weighted by Gasteiger charge is -2.15. The fraction of sp³-hybridized carbons (Fsp3) is 0.208. The molecule has 0 spiro atoms. The van der Waals surface area contributed by atoms with E-state index < -0.39 is 0 Å². The number of para-hydroxylation sites is 1. The predicted molar refractivity (Wildman–Crippen MR) is 123 cm³/mol. The molecule has 0 radical (unpaired) electrons. The fourth-order valence-corrected chi connectivity index (χ4v) is 3.49. The van der Waals surface area contributed by atoms with E-state index in [-0.39, 0.29) is 12.5 Å². The number of carbonyl (C=O) groups excluding carboxylic acids is 1. The Morgan fingerprint density at radius 1 is 1.06 bits per heavy atom. The van der Waals surface area contributed by atoms with E-state index in [1.54, 1.807) is 16.9 Å². The number of amides is 1. The summed E-state index contributed by atoms with van der Waals surface area (Å²) in [5, 5.41) is 12.1. The van der Waals surface area contributed by atoms with Crippen LogP contribution in [0.4, 0.5) is 5.69 Å². The molecule has 4 aromatic rings. The summed E-state index contributed by atoms with van der Waals surface area (Å²) < 4.78 is 5.82. The average molecular weight is 435 g/mol. The summed E-state index contributed by atoms with van der Waals surface area (Å²) in [7, 11) is 0. The summed E-state index contributed by atoms with van der Waals surface area (Å²) in [5.41, 5.74) is 4.73. The van der Waals surface area contributed by atoms with Gasteiger partial charge in [0.25, 0.3) is 5.91 Å². The number of ether oxygens (including phenoxy) is 1. The molecule has 1 heterocycles.